The van der Waals surface area contributed by atoms with Crippen molar-refractivity contribution in [2.75, 3.05) is 12.4 Å². The molecule has 0 radical (unpaired) electrons. The van der Waals surface area contributed by atoms with Crippen molar-refractivity contribution in [3.05, 3.63) is 58.2 Å². The van der Waals surface area contributed by atoms with Crippen LogP contribution in [0.1, 0.15) is 5.56 Å². The molecule has 1 aromatic heterocycles. The molecule has 0 fully saturated rings. The molecule has 0 bridgehead atoms. The average molecular weight is 323 g/mol. The van der Waals surface area contributed by atoms with Gasteiger partial charge in [-0.25, -0.2) is 4.98 Å². The molecule has 0 atom stereocenters. The number of carbonyl (C=O) groups is 1. The van der Waals surface area contributed by atoms with Crippen molar-refractivity contribution < 1.29 is 9.53 Å². The third-order valence-corrected chi connectivity index (χ3v) is 3.32. The summed E-state index contributed by atoms with van der Waals surface area (Å²) in [7, 11) is 1.53. The minimum Gasteiger partial charge on any atom is -0.481 e. The smallest absolute Gasteiger partial charge is 0.248 e. The molecule has 1 aromatic carbocycles. The van der Waals surface area contributed by atoms with Crippen molar-refractivity contribution >= 4 is 40.9 Å². The minimum absolute atomic E-state index is 0.270. The number of nitrogens with zero attached hydrogens (tertiary/aromatic N) is 1. The van der Waals surface area contributed by atoms with Crippen LogP contribution in [-0.4, -0.2) is 18.0 Å². The number of pyridine rings is 1. The highest BCUT2D eigenvalue weighted by Gasteiger charge is 2.00. The highest BCUT2D eigenvalue weighted by molar-refractivity contribution is 6.42. The first kappa shape index (κ1) is 15.4. The molecule has 1 N–H and O–H groups in total. The van der Waals surface area contributed by atoms with Crippen LogP contribution in [0.25, 0.3) is 6.08 Å². The molecule has 0 saturated heterocycles. The van der Waals surface area contributed by atoms with Crippen LogP contribution in [0.4, 0.5) is 5.69 Å². The monoisotopic (exact) mass is 322 g/mol. The summed E-state index contributed by atoms with van der Waals surface area (Å²) in [5, 5.41) is 3.60. The van der Waals surface area contributed by atoms with Crippen molar-refractivity contribution in [3.63, 3.8) is 0 Å². The summed E-state index contributed by atoms with van der Waals surface area (Å²) in [4.78, 5) is 15.8. The molecule has 1 heterocycles. The van der Waals surface area contributed by atoms with Crippen LogP contribution in [0, 0.1) is 0 Å². The number of amides is 1. The summed E-state index contributed by atoms with van der Waals surface area (Å²) in [5.74, 6) is 0.215. The summed E-state index contributed by atoms with van der Waals surface area (Å²) >= 11 is 11.7. The Morgan fingerprint density at radius 2 is 2.05 bits per heavy atom. The van der Waals surface area contributed by atoms with E-state index >= 15 is 0 Å². The second-order valence-corrected chi connectivity index (χ2v) is 4.90. The molecule has 0 unspecified atom stereocenters. The molecular formula is C15H12Cl2N2O2. The average Bonchev–Trinajstić information content (AvgIpc) is 2.49. The molecule has 21 heavy (non-hydrogen) atoms. The number of hydrogen-bond donors (Lipinski definition) is 1. The van der Waals surface area contributed by atoms with Gasteiger partial charge in [-0.05, 0) is 29.8 Å². The first-order valence-electron chi connectivity index (χ1n) is 6.02. The van der Waals surface area contributed by atoms with Gasteiger partial charge < -0.3 is 10.1 Å². The molecule has 0 aliphatic heterocycles. The number of anilines is 1. The summed E-state index contributed by atoms with van der Waals surface area (Å²) in [6.45, 7) is 0. The number of halogens is 2. The normalized spacial score (nSPS) is 10.6. The summed E-state index contributed by atoms with van der Waals surface area (Å²) < 4.78 is 4.94. The zero-order valence-electron chi connectivity index (χ0n) is 11.1. The number of nitrogens with one attached hydrogen (secondary N) is 1. The lowest BCUT2D eigenvalue weighted by atomic mass is 10.2. The van der Waals surface area contributed by atoms with Crippen molar-refractivity contribution in [3.8, 4) is 5.88 Å². The van der Waals surface area contributed by atoms with E-state index in [1.54, 1.807) is 36.4 Å². The number of hydrogen-bond acceptors (Lipinski definition) is 3. The van der Waals surface area contributed by atoms with E-state index in [4.69, 9.17) is 27.9 Å². The molecule has 2 aromatic rings. The molecule has 108 valence electrons. The third-order valence-electron chi connectivity index (χ3n) is 2.58. The summed E-state index contributed by atoms with van der Waals surface area (Å²) in [5.41, 5.74) is 1.37. The highest BCUT2D eigenvalue weighted by atomic mass is 35.5. The van der Waals surface area contributed by atoms with Gasteiger partial charge in [-0.3, -0.25) is 4.79 Å². The molecular weight excluding hydrogens is 311 g/mol. The van der Waals surface area contributed by atoms with Crippen LogP contribution in [0.2, 0.25) is 10.0 Å². The van der Waals surface area contributed by atoms with Crippen LogP contribution in [0.5, 0.6) is 5.88 Å². The van der Waals surface area contributed by atoms with E-state index < -0.39 is 0 Å². The zero-order valence-corrected chi connectivity index (χ0v) is 12.7. The summed E-state index contributed by atoms with van der Waals surface area (Å²) in [6, 6.07) is 8.50. The number of ether oxygens (including phenoxy) is 1. The van der Waals surface area contributed by atoms with Gasteiger partial charge in [0.05, 0.1) is 29.0 Å². The molecule has 2 rings (SSSR count). The predicted molar refractivity (Wildman–Crippen MR) is 84.9 cm³/mol. The Hall–Kier alpha value is -2.04. The van der Waals surface area contributed by atoms with Gasteiger partial charge in [-0.15, -0.1) is 0 Å². The number of aromatic nitrogens is 1. The van der Waals surface area contributed by atoms with Crippen molar-refractivity contribution in [1.29, 1.82) is 0 Å². The van der Waals surface area contributed by atoms with Gasteiger partial charge >= 0.3 is 0 Å². The van der Waals surface area contributed by atoms with E-state index in [0.717, 1.165) is 5.56 Å². The Balaban J connectivity index is 1.99. The van der Waals surface area contributed by atoms with E-state index in [9.17, 15) is 4.79 Å². The Bertz CT molecular complexity index is 670. The maximum absolute atomic E-state index is 11.8. The van der Waals surface area contributed by atoms with E-state index in [1.807, 2.05) is 0 Å². The lowest BCUT2D eigenvalue weighted by molar-refractivity contribution is -0.111. The summed E-state index contributed by atoms with van der Waals surface area (Å²) in [6.07, 6.45) is 4.57. The molecule has 4 nitrogen and oxygen atoms in total. The zero-order chi connectivity index (χ0) is 15.2. The molecule has 0 saturated carbocycles. The van der Waals surface area contributed by atoms with E-state index in [1.165, 1.54) is 19.4 Å². The lowest BCUT2D eigenvalue weighted by Crippen LogP contribution is -2.07. The standard InChI is InChI=1S/C15H12Cl2N2O2/c1-21-15-7-4-11(9-18-15)19-14(20)6-3-10-2-5-12(16)13(17)8-10/h2-9H,1H3,(H,19,20)/b6-3+. The maximum atomic E-state index is 11.8. The van der Waals surface area contributed by atoms with Crippen LogP contribution >= 0.6 is 23.2 Å². The van der Waals surface area contributed by atoms with Crippen molar-refractivity contribution in [2.24, 2.45) is 0 Å². The van der Waals surface area contributed by atoms with Crippen molar-refractivity contribution in [1.82, 2.24) is 4.98 Å². The Kier molecular flexibility index (Phi) is 5.20. The Morgan fingerprint density at radius 3 is 2.67 bits per heavy atom. The lowest BCUT2D eigenvalue weighted by Gasteiger charge is -2.03. The van der Waals surface area contributed by atoms with Gasteiger partial charge in [0.2, 0.25) is 11.8 Å². The first-order valence-corrected chi connectivity index (χ1v) is 6.78. The topological polar surface area (TPSA) is 51.2 Å². The van der Waals surface area contributed by atoms with E-state index in [-0.39, 0.29) is 5.91 Å². The number of rotatable bonds is 4. The predicted octanol–water partition coefficient (Wildman–Crippen LogP) is 4.05. The van der Waals surface area contributed by atoms with Gasteiger partial charge in [-0.2, -0.15) is 0 Å². The molecule has 1 amide bonds. The second-order valence-electron chi connectivity index (χ2n) is 4.09. The second kappa shape index (κ2) is 7.11. The molecule has 0 aliphatic rings. The minimum atomic E-state index is -0.270. The third kappa shape index (κ3) is 4.48. The maximum Gasteiger partial charge on any atom is 0.248 e. The molecule has 6 heteroatoms. The van der Waals surface area contributed by atoms with Gasteiger partial charge in [0.15, 0.2) is 0 Å². The van der Waals surface area contributed by atoms with Gasteiger partial charge in [-0.1, -0.05) is 29.3 Å². The van der Waals surface area contributed by atoms with Gasteiger partial charge in [0, 0.05) is 12.1 Å². The van der Waals surface area contributed by atoms with E-state index in [2.05, 4.69) is 10.3 Å². The van der Waals surface area contributed by atoms with Crippen LogP contribution in [0.3, 0.4) is 0 Å². The molecule has 0 spiro atoms. The van der Waals surface area contributed by atoms with Crippen LogP contribution in [-0.2, 0) is 4.79 Å². The quantitative estimate of drug-likeness (QED) is 0.864. The number of benzene rings is 1. The Labute approximate surface area is 132 Å². The fourth-order valence-corrected chi connectivity index (χ4v) is 1.85. The van der Waals surface area contributed by atoms with Gasteiger partial charge in [0.25, 0.3) is 0 Å². The SMILES string of the molecule is COc1ccc(NC(=O)/C=C/c2ccc(Cl)c(Cl)c2)cn1. The van der Waals surface area contributed by atoms with Crippen molar-refractivity contribution in [2.45, 2.75) is 0 Å². The fourth-order valence-electron chi connectivity index (χ4n) is 1.55. The first-order chi connectivity index (χ1) is 10.1. The van der Waals surface area contributed by atoms with Gasteiger partial charge in [0.1, 0.15) is 0 Å². The fraction of sp³-hybridized carbons (Fsp3) is 0.0667. The van der Waals surface area contributed by atoms with Crippen LogP contribution in [0.15, 0.2) is 42.6 Å². The van der Waals surface area contributed by atoms with E-state index in [0.29, 0.717) is 21.6 Å². The Morgan fingerprint density at radius 1 is 1.24 bits per heavy atom. The van der Waals surface area contributed by atoms with Crippen LogP contribution < -0.4 is 10.1 Å². The largest absolute Gasteiger partial charge is 0.481 e. The molecule has 0 aliphatic carbocycles. The number of carbonyl (C=O) groups excluding carboxylic acids is 1. The number of methoxy groups -OCH3 is 1. The highest BCUT2D eigenvalue weighted by Crippen LogP contribution is 2.23.